The first kappa shape index (κ1) is 18.1. The fourth-order valence-electron chi connectivity index (χ4n) is 3.15. The number of aromatic nitrogens is 1. The van der Waals surface area contributed by atoms with E-state index in [1.807, 2.05) is 13.0 Å². The Kier molecular flexibility index (Phi) is 5.32. The van der Waals surface area contributed by atoms with Gasteiger partial charge >= 0.3 is 0 Å². The summed E-state index contributed by atoms with van der Waals surface area (Å²) in [4.78, 5) is 30.2. The van der Waals surface area contributed by atoms with Gasteiger partial charge < -0.3 is 15.3 Å². The van der Waals surface area contributed by atoms with Crippen LogP contribution in [0.4, 0.5) is 5.69 Å². The van der Waals surface area contributed by atoms with Crippen molar-refractivity contribution in [2.45, 2.75) is 39.3 Å². The summed E-state index contributed by atoms with van der Waals surface area (Å²) in [7, 11) is 0. The Morgan fingerprint density at radius 3 is 2.58 bits per heavy atom. The number of pyridine rings is 1. The lowest BCUT2D eigenvalue weighted by atomic mass is 10.1. The molecule has 0 radical (unpaired) electrons. The quantitative estimate of drug-likeness (QED) is 0.865. The van der Waals surface area contributed by atoms with E-state index in [1.54, 1.807) is 42.2 Å². The third-order valence-corrected chi connectivity index (χ3v) is 4.58. The summed E-state index contributed by atoms with van der Waals surface area (Å²) in [5.41, 5.74) is 3.64. The Bertz CT molecular complexity index is 816. The molecule has 2 amide bonds. The second kappa shape index (κ2) is 7.66. The molecule has 0 spiro atoms. The number of benzene rings is 1. The van der Waals surface area contributed by atoms with Crippen molar-refractivity contribution in [1.29, 1.82) is 0 Å². The maximum atomic E-state index is 12.3. The van der Waals surface area contributed by atoms with E-state index in [1.165, 1.54) is 0 Å². The van der Waals surface area contributed by atoms with Gasteiger partial charge in [-0.05, 0) is 50.6 Å². The summed E-state index contributed by atoms with van der Waals surface area (Å²) in [5, 5.41) is 12.5. The predicted molar refractivity (Wildman–Crippen MR) is 98.8 cm³/mol. The van der Waals surface area contributed by atoms with Crippen LogP contribution in [-0.2, 0) is 11.3 Å². The summed E-state index contributed by atoms with van der Waals surface area (Å²) in [6.45, 7) is 4.58. The van der Waals surface area contributed by atoms with Crippen LogP contribution >= 0.6 is 0 Å². The van der Waals surface area contributed by atoms with Crippen LogP contribution in [0.15, 0.2) is 36.4 Å². The predicted octanol–water partition coefficient (Wildman–Crippen LogP) is 2.50. The van der Waals surface area contributed by atoms with Gasteiger partial charge in [0.05, 0.1) is 18.3 Å². The number of aliphatic hydroxyl groups is 1. The molecule has 1 fully saturated rings. The lowest BCUT2D eigenvalue weighted by Crippen LogP contribution is -2.25. The number of anilines is 1. The molecular weight excluding hydrogens is 330 g/mol. The zero-order valence-corrected chi connectivity index (χ0v) is 15.0. The van der Waals surface area contributed by atoms with Gasteiger partial charge in [-0.15, -0.1) is 0 Å². The Labute approximate surface area is 152 Å². The largest absolute Gasteiger partial charge is 0.389 e. The summed E-state index contributed by atoms with van der Waals surface area (Å²) in [5.74, 6) is -0.0624. The molecule has 6 heteroatoms. The molecule has 3 rings (SSSR count). The fraction of sp³-hybridized carbons (Fsp3) is 0.350. The Morgan fingerprint density at radius 2 is 2.00 bits per heavy atom. The number of carbonyl (C=O) groups is 2. The van der Waals surface area contributed by atoms with Crippen LogP contribution in [0.2, 0.25) is 0 Å². The molecule has 1 aliphatic rings. The van der Waals surface area contributed by atoms with Crippen LogP contribution in [0.5, 0.6) is 0 Å². The first-order chi connectivity index (χ1) is 12.5. The number of nitrogens with zero attached hydrogens (tertiary/aromatic N) is 2. The van der Waals surface area contributed by atoms with E-state index in [4.69, 9.17) is 0 Å². The van der Waals surface area contributed by atoms with Crippen LogP contribution in [0.3, 0.4) is 0 Å². The third-order valence-electron chi connectivity index (χ3n) is 4.58. The molecule has 1 aromatic carbocycles. The maximum Gasteiger partial charge on any atom is 0.251 e. The standard InChI is InChI=1S/C20H23N3O3/c1-13-18(14(2)24)10-7-16(22-13)12-21-20(26)15-5-8-17(9-6-15)23-11-3-4-19(23)25/h5-10,14,24H,3-4,11-12H2,1-2H3,(H,21,26)/t14-/m0/s1. The zero-order valence-electron chi connectivity index (χ0n) is 15.0. The number of nitrogens with one attached hydrogen (secondary N) is 1. The van der Waals surface area contributed by atoms with Crippen LogP contribution in [-0.4, -0.2) is 28.4 Å². The molecule has 0 aliphatic carbocycles. The molecule has 2 aromatic rings. The van der Waals surface area contributed by atoms with Crippen LogP contribution in [0.1, 0.15) is 53.2 Å². The van der Waals surface area contributed by atoms with E-state index in [-0.39, 0.29) is 11.8 Å². The Hall–Kier alpha value is -2.73. The second-order valence-corrected chi connectivity index (χ2v) is 6.53. The lowest BCUT2D eigenvalue weighted by molar-refractivity contribution is -0.117. The minimum Gasteiger partial charge on any atom is -0.389 e. The summed E-state index contributed by atoms with van der Waals surface area (Å²) in [6.07, 6.45) is 0.899. The minimum atomic E-state index is -0.563. The molecule has 136 valence electrons. The highest BCUT2D eigenvalue weighted by atomic mass is 16.3. The highest BCUT2D eigenvalue weighted by molar-refractivity contribution is 5.97. The van der Waals surface area contributed by atoms with Crippen molar-refractivity contribution < 1.29 is 14.7 Å². The normalized spacial score (nSPS) is 15.2. The van der Waals surface area contributed by atoms with Crippen molar-refractivity contribution in [1.82, 2.24) is 10.3 Å². The van der Waals surface area contributed by atoms with E-state index >= 15 is 0 Å². The molecule has 1 aromatic heterocycles. The van der Waals surface area contributed by atoms with Gasteiger partial charge in [0.1, 0.15) is 0 Å². The molecule has 1 aliphatic heterocycles. The van der Waals surface area contributed by atoms with Crippen LogP contribution in [0.25, 0.3) is 0 Å². The van der Waals surface area contributed by atoms with Gasteiger partial charge in [-0.3, -0.25) is 14.6 Å². The lowest BCUT2D eigenvalue weighted by Gasteiger charge is -2.16. The van der Waals surface area contributed by atoms with Gasteiger partial charge in [0.15, 0.2) is 0 Å². The topological polar surface area (TPSA) is 82.5 Å². The van der Waals surface area contributed by atoms with Gasteiger partial charge in [-0.2, -0.15) is 0 Å². The van der Waals surface area contributed by atoms with Crippen molar-refractivity contribution in [2.24, 2.45) is 0 Å². The maximum absolute atomic E-state index is 12.3. The smallest absolute Gasteiger partial charge is 0.251 e. The average Bonchev–Trinajstić information content (AvgIpc) is 3.05. The summed E-state index contributed by atoms with van der Waals surface area (Å²) < 4.78 is 0. The van der Waals surface area contributed by atoms with E-state index in [0.717, 1.165) is 35.6 Å². The fourth-order valence-corrected chi connectivity index (χ4v) is 3.15. The van der Waals surface area contributed by atoms with Crippen LogP contribution < -0.4 is 10.2 Å². The van der Waals surface area contributed by atoms with Crippen molar-refractivity contribution in [3.05, 3.63) is 58.9 Å². The molecule has 1 atom stereocenters. The van der Waals surface area contributed by atoms with Crippen LogP contribution in [0, 0.1) is 6.92 Å². The number of rotatable bonds is 5. The molecule has 6 nitrogen and oxygen atoms in total. The third kappa shape index (κ3) is 3.91. The van der Waals surface area contributed by atoms with E-state index in [2.05, 4.69) is 10.3 Å². The van der Waals surface area contributed by atoms with Crippen molar-refractivity contribution >= 4 is 17.5 Å². The number of aryl methyl sites for hydroxylation is 1. The highest BCUT2D eigenvalue weighted by Gasteiger charge is 2.21. The Balaban J connectivity index is 1.61. The molecular formula is C20H23N3O3. The van der Waals surface area contributed by atoms with E-state index in [0.29, 0.717) is 18.5 Å². The zero-order chi connectivity index (χ0) is 18.7. The van der Waals surface area contributed by atoms with Crippen molar-refractivity contribution in [2.75, 3.05) is 11.4 Å². The highest BCUT2D eigenvalue weighted by Crippen LogP contribution is 2.21. The number of aliphatic hydroxyl groups excluding tert-OH is 1. The molecule has 1 saturated heterocycles. The SMILES string of the molecule is Cc1nc(CNC(=O)c2ccc(N3CCCC3=O)cc2)ccc1[C@H](C)O. The number of amides is 2. The van der Waals surface area contributed by atoms with Gasteiger partial charge in [-0.25, -0.2) is 0 Å². The van der Waals surface area contributed by atoms with Crippen molar-refractivity contribution in [3.8, 4) is 0 Å². The molecule has 2 heterocycles. The molecule has 0 saturated carbocycles. The Morgan fingerprint density at radius 1 is 1.27 bits per heavy atom. The summed E-state index contributed by atoms with van der Waals surface area (Å²) >= 11 is 0. The van der Waals surface area contributed by atoms with Gasteiger partial charge in [0.25, 0.3) is 5.91 Å². The number of carbonyl (C=O) groups excluding carboxylic acids is 2. The van der Waals surface area contributed by atoms with E-state index < -0.39 is 6.10 Å². The molecule has 2 N–H and O–H groups in total. The second-order valence-electron chi connectivity index (χ2n) is 6.53. The number of hydrogen-bond donors (Lipinski definition) is 2. The monoisotopic (exact) mass is 353 g/mol. The number of hydrogen-bond acceptors (Lipinski definition) is 4. The van der Waals surface area contributed by atoms with Gasteiger partial charge in [-0.1, -0.05) is 6.07 Å². The molecule has 26 heavy (non-hydrogen) atoms. The first-order valence-electron chi connectivity index (χ1n) is 8.79. The van der Waals surface area contributed by atoms with Gasteiger partial charge in [0, 0.05) is 35.5 Å². The summed E-state index contributed by atoms with van der Waals surface area (Å²) in [6, 6.07) is 10.7. The minimum absolute atomic E-state index is 0.129. The molecule has 0 bridgehead atoms. The average molecular weight is 353 g/mol. The molecule has 0 unspecified atom stereocenters. The van der Waals surface area contributed by atoms with Crippen molar-refractivity contribution in [3.63, 3.8) is 0 Å². The van der Waals surface area contributed by atoms with E-state index in [9.17, 15) is 14.7 Å². The van der Waals surface area contributed by atoms with Gasteiger partial charge in [0.2, 0.25) is 5.91 Å². The first-order valence-corrected chi connectivity index (χ1v) is 8.79.